The van der Waals surface area contributed by atoms with Crippen LogP contribution >= 0.6 is 11.3 Å². The van der Waals surface area contributed by atoms with Crippen molar-refractivity contribution in [3.05, 3.63) is 81.8 Å². The number of hydrogen-bond acceptors (Lipinski definition) is 4. The summed E-state index contributed by atoms with van der Waals surface area (Å²) in [5.41, 5.74) is 2.88. The number of halogens is 1. The number of likely N-dealkylation sites (tertiary alicyclic amines) is 1. The number of piperidine rings is 1. The third kappa shape index (κ3) is 5.46. The van der Waals surface area contributed by atoms with Crippen molar-refractivity contribution in [2.24, 2.45) is 0 Å². The normalized spacial score (nSPS) is 14.4. The number of hydrogen-bond donors (Lipinski definition) is 1. The van der Waals surface area contributed by atoms with Crippen LogP contribution in [-0.2, 0) is 13.2 Å². The maximum atomic E-state index is 13.6. The van der Waals surface area contributed by atoms with Crippen LogP contribution in [0.3, 0.4) is 0 Å². The smallest absolute Gasteiger partial charge is 0.265 e. The molecule has 30 heavy (non-hydrogen) atoms. The SMILES string of the molecule is O=C(Nc1ccc(CN2CCCCC2)cc1)c1cc(COc2ccccc2F)cs1. The molecule has 1 amide bonds. The van der Waals surface area contributed by atoms with Gasteiger partial charge >= 0.3 is 0 Å². The third-order valence-electron chi connectivity index (χ3n) is 5.18. The molecule has 4 rings (SSSR count). The predicted octanol–water partition coefficient (Wildman–Crippen LogP) is 5.70. The van der Waals surface area contributed by atoms with E-state index in [4.69, 9.17) is 4.74 Å². The molecule has 0 saturated carbocycles. The Balaban J connectivity index is 1.30. The molecule has 156 valence electrons. The topological polar surface area (TPSA) is 41.6 Å². The molecule has 0 unspecified atom stereocenters. The zero-order chi connectivity index (χ0) is 20.8. The molecule has 0 atom stereocenters. The zero-order valence-electron chi connectivity index (χ0n) is 16.8. The first kappa shape index (κ1) is 20.6. The summed E-state index contributed by atoms with van der Waals surface area (Å²) in [6.45, 7) is 3.51. The van der Waals surface area contributed by atoms with E-state index in [9.17, 15) is 9.18 Å². The molecule has 1 fully saturated rings. The highest BCUT2D eigenvalue weighted by atomic mass is 32.1. The molecule has 0 bridgehead atoms. The van der Waals surface area contributed by atoms with E-state index in [1.54, 1.807) is 24.3 Å². The van der Waals surface area contributed by atoms with Gasteiger partial charge in [-0.25, -0.2) is 4.39 Å². The van der Waals surface area contributed by atoms with Crippen molar-refractivity contribution < 1.29 is 13.9 Å². The Kier molecular flexibility index (Phi) is 6.77. The first-order valence-corrected chi connectivity index (χ1v) is 11.1. The minimum Gasteiger partial charge on any atom is -0.486 e. The Hall–Kier alpha value is -2.70. The fourth-order valence-corrected chi connectivity index (χ4v) is 4.35. The van der Waals surface area contributed by atoms with Gasteiger partial charge in [0.05, 0.1) is 4.88 Å². The van der Waals surface area contributed by atoms with Gasteiger partial charge in [0, 0.05) is 17.8 Å². The summed E-state index contributed by atoms with van der Waals surface area (Å²) in [6.07, 6.45) is 3.89. The summed E-state index contributed by atoms with van der Waals surface area (Å²) in [5, 5.41) is 4.80. The lowest BCUT2D eigenvalue weighted by atomic mass is 10.1. The Morgan fingerprint density at radius 2 is 1.80 bits per heavy atom. The van der Waals surface area contributed by atoms with Gasteiger partial charge in [-0.05, 0) is 67.2 Å². The summed E-state index contributed by atoms with van der Waals surface area (Å²) in [7, 11) is 0. The standard InChI is InChI=1S/C24H25FN2O2S/c25-21-6-2-3-7-22(21)29-16-19-14-23(30-17-19)24(28)26-20-10-8-18(9-11-20)15-27-12-4-1-5-13-27/h2-3,6-11,14,17H,1,4-5,12-13,15-16H2,(H,26,28). The van der Waals surface area contributed by atoms with Gasteiger partial charge in [0.15, 0.2) is 11.6 Å². The highest BCUT2D eigenvalue weighted by Crippen LogP contribution is 2.21. The highest BCUT2D eigenvalue weighted by Gasteiger charge is 2.12. The Morgan fingerprint density at radius 3 is 2.57 bits per heavy atom. The van der Waals surface area contributed by atoms with Crippen LogP contribution in [0.5, 0.6) is 5.75 Å². The number of benzene rings is 2. The quantitative estimate of drug-likeness (QED) is 0.529. The maximum Gasteiger partial charge on any atom is 0.265 e. The zero-order valence-corrected chi connectivity index (χ0v) is 17.6. The van der Waals surface area contributed by atoms with Gasteiger partial charge < -0.3 is 10.1 Å². The molecule has 2 aromatic carbocycles. The van der Waals surface area contributed by atoms with Crippen LogP contribution in [0.25, 0.3) is 0 Å². The van der Waals surface area contributed by atoms with Crippen molar-refractivity contribution in [1.82, 2.24) is 4.90 Å². The van der Waals surface area contributed by atoms with Gasteiger partial charge in [-0.15, -0.1) is 11.3 Å². The highest BCUT2D eigenvalue weighted by molar-refractivity contribution is 7.12. The molecule has 0 spiro atoms. The van der Waals surface area contributed by atoms with Crippen molar-refractivity contribution in [2.45, 2.75) is 32.4 Å². The van der Waals surface area contributed by atoms with Crippen molar-refractivity contribution in [3.8, 4) is 5.75 Å². The van der Waals surface area contributed by atoms with Crippen LogP contribution in [0, 0.1) is 5.82 Å². The molecule has 0 aliphatic carbocycles. The molecule has 3 aromatic rings. The van der Waals surface area contributed by atoms with Crippen LogP contribution in [0.2, 0.25) is 0 Å². The van der Waals surface area contributed by atoms with Crippen LogP contribution in [0.4, 0.5) is 10.1 Å². The van der Waals surface area contributed by atoms with E-state index >= 15 is 0 Å². The number of thiophene rings is 1. The van der Waals surface area contributed by atoms with Crippen LogP contribution in [-0.4, -0.2) is 23.9 Å². The minimum atomic E-state index is -0.394. The number of nitrogens with zero attached hydrogens (tertiary/aromatic N) is 1. The van der Waals surface area contributed by atoms with Crippen molar-refractivity contribution in [1.29, 1.82) is 0 Å². The van der Waals surface area contributed by atoms with Gasteiger partial charge in [-0.1, -0.05) is 30.7 Å². The van der Waals surface area contributed by atoms with Crippen molar-refractivity contribution in [2.75, 3.05) is 18.4 Å². The summed E-state index contributed by atoms with van der Waals surface area (Å²) >= 11 is 1.35. The molecule has 0 radical (unpaired) electrons. The molecular weight excluding hydrogens is 399 g/mol. The Bertz CT molecular complexity index is 981. The predicted molar refractivity (Wildman–Crippen MR) is 119 cm³/mol. The number of anilines is 1. The second-order valence-corrected chi connectivity index (χ2v) is 8.44. The number of nitrogens with one attached hydrogen (secondary N) is 1. The molecule has 6 heteroatoms. The number of carbonyl (C=O) groups excluding carboxylic acids is 1. The summed E-state index contributed by atoms with van der Waals surface area (Å²) in [6, 6.07) is 16.1. The van der Waals surface area contributed by atoms with E-state index in [0.29, 0.717) is 4.88 Å². The third-order valence-corrected chi connectivity index (χ3v) is 6.15. The molecule has 1 aromatic heterocycles. The molecule has 2 heterocycles. The van der Waals surface area contributed by atoms with Crippen molar-refractivity contribution >= 4 is 22.9 Å². The summed E-state index contributed by atoms with van der Waals surface area (Å²) < 4.78 is 19.1. The number of ether oxygens (including phenoxy) is 1. The van der Waals surface area contributed by atoms with E-state index in [1.807, 2.05) is 17.5 Å². The second kappa shape index (κ2) is 9.87. The van der Waals surface area contributed by atoms with E-state index in [2.05, 4.69) is 22.3 Å². The summed E-state index contributed by atoms with van der Waals surface area (Å²) in [4.78, 5) is 15.6. The molecule has 1 N–H and O–H groups in total. The summed E-state index contributed by atoms with van der Waals surface area (Å²) in [5.74, 6) is -0.338. The monoisotopic (exact) mass is 424 g/mol. The molecule has 4 nitrogen and oxygen atoms in total. The lowest BCUT2D eigenvalue weighted by Crippen LogP contribution is -2.29. The lowest BCUT2D eigenvalue weighted by molar-refractivity contribution is 0.103. The molecular formula is C24H25FN2O2S. The van der Waals surface area contributed by atoms with Gasteiger partial charge in [-0.3, -0.25) is 9.69 Å². The van der Waals surface area contributed by atoms with Crippen molar-refractivity contribution in [3.63, 3.8) is 0 Å². The second-order valence-electron chi connectivity index (χ2n) is 7.53. The first-order chi connectivity index (χ1) is 14.7. The first-order valence-electron chi connectivity index (χ1n) is 10.2. The van der Waals surface area contributed by atoms with Crippen LogP contribution < -0.4 is 10.1 Å². The average molecular weight is 425 g/mol. The van der Waals surface area contributed by atoms with Gasteiger partial charge in [0.25, 0.3) is 5.91 Å². The van der Waals surface area contributed by atoms with Gasteiger partial charge in [0.1, 0.15) is 6.61 Å². The number of amides is 1. The largest absolute Gasteiger partial charge is 0.486 e. The minimum absolute atomic E-state index is 0.152. The van der Waals surface area contributed by atoms with Crippen LogP contribution in [0.1, 0.15) is 40.1 Å². The Labute approximate surface area is 180 Å². The fourth-order valence-electron chi connectivity index (χ4n) is 3.56. The number of para-hydroxylation sites is 1. The van der Waals surface area contributed by atoms with Gasteiger partial charge in [0.2, 0.25) is 0 Å². The number of carbonyl (C=O) groups is 1. The number of rotatable bonds is 7. The Morgan fingerprint density at radius 1 is 1.03 bits per heavy atom. The fraction of sp³-hybridized carbons (Fsp3) is 0.292. The van der Waals surface area contributed by atoms with Gasteiger partial charge in [-0.2, -0.15) is 0 Å². The van der Waals surface area contributed by atoms with E-state index < -0.39 is 5.82 Å². The molecule has 1 saturated heterocycles. The van der Waals surface area contributed by atoms with E-state index in [1.165, 1.54) is 55.3 Å². The maximum absolute atomic E-state index is 13.6. The molecule has 1 aliphatic heterocycles. The molecule has 1 aliphatic rings. The van der Waals surface area contributed by atoms with E-state index in [0.717, 1.165) is 17.8 Å². The van der Waals surface area contributed by atoms with Crippen LogP contribution in [0.15, 0.2) is 60.0 Å². The van der Waals surface area contributed by atoms with E-state index in [-0.39, 0.29) is 18.3 Å². The lowest BCUT2D eigenvalue weighted by Gasteiger charge is -2.26. The average Bonchev–Trinajstić information content (AvgIpc) is 3.25.